The summed E-state index contributed by atoms with van der Waals surface area (Å²) in [5, 5.41) is 0. The molecule has 1 aromatic rings. The average Bonchev–Trinajstić information content (AvgIpc) is 2.37. The Bertz CT molecular complexity index is 318. The standard InChI is InChI=1S/C15H25BO2/c1-4-6-11-17-16(18-12-7-5-2)15-10-8-9-14(3)13-15/h8-10,13H,4-7,11-12H2,1-3H3. The van der Waals surface area contributed by atoms with Gasteiger partial charge >= 0.3 is 7.12 Å². The highest BCUT2D eigenvalue weighted by Gasteiger charge is 2.20. The van der Waals surface area contributed by atoms with E-state index >= 15 is 0 Å². The molecule has 0 atom stereocenters. The van der Waals surface area contributed by atoms with Gasteiger partial charge in [-0.1, -0.05) is 56.5 Å². The number of aryl methyl sites for hydroxylation is 1. The predicted molar refractivity (Wildman–Crippen MR) is 78.3 cm³/mol. The van der Waals surface area contributed by atoms with E-state index in [1.165, 1.54) is 5.56 Å². The second kappa shape index (κ2) is 9.18. The Labute approximate surface area is 112 Å². The van der Waals surface area contributed by atoms with Crippen LogP contribution in [0.3, 0.4) is 0 Å². The zero-order valence-corrected chi connectivity index (χ0v) is 11.9. The molecule has 3 heteroatoms. The minimum absolute atomic E-state index is 0.206. The molecule has 0 aliphatic carbocycles. The smallest absolute Gasteiger partial charge is 0.407 e. The van der Waals surface area contributed by atoms with Gasteiger partial charge in [0.2, 0.25) is 0 Å². The maximum Gasteiger partial charge on any atom is 0.493 e. The third-order valence-electron chi connectivity index (χ3n) is 2.85. The van der Waals surface area contributed by atoms with E-state index in [9.17, 15) is 0 Å². The fourth-order valence-electron chi connectivity index (χ4n) is 1.73. The van der Waals surface area contributed by atoms with Crippen molar-refractivity contribution in [1.29, 1.82) is 0 Å². The molecule has 0 fully saturated rings. The second-order valence-corrected chi connectivity index (χ2v) is 4.69. The van der Waals surface area contributed by atoms with Gasteiger partial charge in [-0.2, -0.15) is 0 Å². The summed E-state index contributed by atoms with van der Waals surface area (Å²) in [6.07, 6.45) is 4.46. The average molecular weight is 248 g/mol. The summed E-state index contributed by atoms with van der Waals surface area (Å²) in [6.45, 7) is 7.97. The minimum atomic E-state index is -0.206. The largest absolute Gasteiger partial charge is 0.493 e. The van der Waals surface area contributed by atoms with Crippen molar-refractivity contribution in [3.8, 4) is 0 Å². The molecule has 0 bridgehead atoms. The van der Waals surface area contributed by atoms with E-state index in [4.69, 9.17) is 9.31 Å². The molecule has 0 saturated heterocycles. The van der Waals surface area contributed by atoms with Gasteiger partial charge in [0.15, 0.2) is 0 Å². The van der Waals surface area contributed by atoms with Crippen molar-refractivity contribution in [2.24, 2.45) is 0 Å². The molecule has 0 heterocycles. The summed E-state index contributed by atoms with van der Waals surface area (Å²) < 4.78 is 11.7. The van der Waals surface area contributed by atoms with Crippen LogP contribution < -0.4 is 5.46 Å². The van der Waals surface area contributed by atoms with E-state index in [1.54, 1.807) is 0 Å². The summed E-state index contributed by atoms with van der Waals surface area (Å²) in [6, 6.07) is 8.38. The van der Waals surface area contributed by atoms with Crippen LogP contribution in [0.25, 0.3) is 0 Å². The molecule has 100 valence electrons. The Hall–Kier alpha value is -0.795. The molecular formula is C15H25BO2. The van der Waals surface area contributed by atoms with Crippen molar-refractivity contribution in [3.63, 3.8) is 0 Å². The maximum atomic E-state index is 5.85. The van der Waals surface area contributed by atoms with E-state index in [0.29, 0.717) is 0 Å². The Morgan fingerprint density at radius 3 is 2.11 bits per heavy atom. The summed E-state index contributed by atoms with van der Waals surface area (Å²) in [4.78, 5) is 0. The van der Waals surface area contributed by atoms with Gasteiger partial charge in [0.05, 0.1) is 0 Å². The van der Waals surface area contributed by atoms with Crippen molar-refractivity contribution in [2.45, 2.75) is 46.5 Å². The number of unbranched alkanes of at least 4 members (excludes halogenated alkanes) is 2. The van der Waals surface area contributed by atoms with Crippen molar-refractivity contribution in [2.75, 3.05) is 13.2 Å². The zero-order chi connectivity index (χ0) is 13.2. The van der Waals surface area contributed by atoms with Gasteiger partial charge in [-0.05, 0) is 25.2 Å². The second-order valence-electron chi connectivity index (χ2n) is 4.69. The Balaban J connectivity index is 2.57. The normalized spacial score (nSPS) is 10.6. The first-order valence-corrected chi connectivity index (χ1v) is 7.07. The van der Waals surface area contributed by atoms with Gasteiger partial charge < -0.3 is 9.31 Å². The van der Waals surface area contributed by atoms with E-state index in [2.05, 4.69) is 45.0 Å². The lowest BCUT2D eigenvalue weighted by molar-refractivity contribution is 0.202. The van der Waals surface area contributed by atoms with Crippen LogP contribution in [-0.2, 0) is 9.31 Å². The molecule has 18 heavy (non-hydrogen) atoms. The van der Waals surface area contributed by atoms with E-state index in [-0.39, 0.29) is 7.12 Å². The van der Waals surface area contributed by atoms with Crippen molar-refractivity contribution < 1.29 is 9.31 Å². The molecule has 1 rings (SSSR count). The molecule has 2 nitrogen and oxygen atoms in total. The molecule has 0 aliphatic heterocycles. The monoisotopic (exact) mass is 248 g/mol. The van der Waals surface area contributed by atoms with Crippen LogP contribution in [0.2, 0.25) is 0 Å². The highest BCUT2D eigenvalue weighted by atomic mass is 16.6. The molecule has 0 spiro atoms. The first-order chi connectivity index (χ1) is 8.77. The van der Waals surface area contributed by atoms with E-state index < -0.39 is 0 Å². The van der Waals surface area contributed by atoms with Crippen LogP contribution in [0.4, 0.5) is 0 Å². The van der Waals surface area contributed by atoms with Gasteiger partial charge in [0.25, 0.3) is 0 Å². The summed E-state index contributed by atoms with van der Waals surface area (Å²) >= 11 is 0. The number of hydrogen-bond acceptors (Lipinski definition) is 2. The van der Waals surface area contributed by atoms with Crippen LogP contribution in [0.15, 0.2) is 24.3 Å². The topological polar surface area (TPSA) is 18.5 Å². The Kier molecular flexibility index (Phi) is 7.78. The van der Waals surface area contributed by atoms with Crippen molar-refractivity contribution >= 4 is 12.6 Å². The first-order valence-electron chi connectivity index (χ1n) is 7.07. The van der Waals surface area contributed by atoms with Crippen LogP contribution in [0, 0.1) is 6.92 Å². The highest BCUT2D eigenvalue weighted by molar-refractivity contribution is 6.61. The minimum Gasteiger partial charge on any atom is -0.407 e. The van der Waals surface area contributed by atoms with Crippen LogP contribution in [0.5, 0.6) is 0 Å². The molecule has 0 radical (unpaired) electrons. The van der Waals surface area contributed by atoms with E-state index in [1.807, 2.05) is 0 Å². The Morgan fingerprint density at radius 1 is 1.00 bits per heavy atom. The summed E-state index contributed by atoms with van der Waals surface area (Å²) in [5.74, 6) is 0. The number of rotatable bonds is 9. The fourth-order valence-corrected chi connectivity index (χ4v) is 1.73. The number of hydrogen-bond donors (Lipinski definition) is 0. The van der Waals surface area contributed by atoms with Crippen LogP contribution >= 0.6 is 0 Å². The molecule has 0 unspecified atom stereocenters. The summed E-state index contributed by atoms with van der Waals surface area (Å²) in [7, 11) is -0.206. The number of benzene rings is 1. The molecular weight excluding hydrogens is 223 g/mol. The van der Waals surface area contributed by atoms with Crippen LogP contribution in [0.1, 0.15) is 45.1 Å². The molecule has 0 amide bonds. The molecule has 0 aromatic heterocycles. The van der Waals surface area contributed by atoms with Crippen LogP contribution in [-0.4, -0.2) is 20.3 Å². The molecule has 0 N–H and O–H groups in total. The summed E-state index contributed by atoms with van der Waals surface area (Å²) in [5.41, 5.74) is 2.37. The van der Waals surface area contributed by atoms with Gasteiger partial charge in [0.1, 0.15) is 0 Å². The SMILES string of the molecule is CCCCOB(OCCCC)c1cccc(C)c1. The van der Waals surface area contributed by atoms with Crippen molar-refractivity contribution in [3.05, 3.63) is 29.8 Å². The highest BCUT2D eigenvalue weighted by Crippen LogP contribution is 2.01. The lowest BCUT2D eigenvalue weighted by atomic mass is 9.78. The zero-order valence-electron chi connectivity index (χ0n) is 11.9. The van der Waals surface area contributed by atoms with Crippen molar-refractivity contribution in [1.82, 2.24) is 0 Å². The molecule has 0 saturated carbocycles. The van der Waals surface area contributed by atoms with Gasteiger partial charge in [-0.15, -0.1) is 0 Å². The van der Waals surface area contributed by atoms with Gasteiger partial charge in [-0.3, -0.25) is 0 Å². The molecule has 0 aliphatic rings. The lowest BCUT2D eigenvalue weighted by Crippen LogP contribution is -2.37. The van der Waals surface area contributed by atoms with Gasteiger partial charge in [-0.25, -0.2) is 0 Å². The quantitative estimate of drug-likeness (QED) is 0.493. The first kappa shape index (κ1) is 15.3. The van der Waals surface area contributed by atoms with Gasteiger partial charge in [0, 0.05) is 13.2 Å². The third kappa shape index (κ3) is 5.70. The Morgan fingerprint density at radius 2 is 1.61 bits per heavy atom. The maximum absolute atomic E-state index is 5.85. The lowest BCUT2D eigenvalue weighted by Gasteiger charge is -2.15. The van der Waals surface area contributed by atoms with E-state index in [0.717, 1.165) is 44.4 Å². The molecule has 1 aromatic carbocycles. The third-order valence-corrected chi connectivity index (χ3v) is 2.85. The fraction of sp³-hybridized carbons (Fsp3) is 0.600. The predicted octanol–water partition coefficient (Wildman–Crippen LogP) is 3.32.